The molecule has 0 aliphatic carbocycles. The number of phenols is 1. The van der Waals surface area contributed by atoms with E-state index in [1.807, 2.05) is 0 Å². The molecule has 0 aliphatic rings. The zero-order valence-corrected chi connectivity index (χ0v) is 27.9. The maximum atomic E-state index is 13.4. The first-order valence-electron chi connectivity index (χ1n) is 16.0. The number of phenolic OH excluding ortho intramolecular Hbond substituents is 1. The first kappa shape index (κ1) is 42.1. The first-order valence-corrected chi connectivity index (χ1v) is 16.0. The predicted molar refractivity (Wildman–Crippen MR) is 180 cm³/mol. The van der Waals surface area contributed by atoms with E-state index < -0.39 is 72.2 Å². The molecule has 18 nitrogen and oxygen atoms in total. The van der Waals surface area contributed by atoms with E-state index in [0.29, 0.717) is 31.4 Å². The molecule has 0 fully saturated rings. The van der Waals surface area contributed by atoms with Crippen LogP contribution in [0, 0.1) is 5.92 Å². The van der Waals surface area contributed by atoms with Crippen LogP contribution < -0.4 is 44.2 Å². The minimum Gasteiger partial charge on any atom is -0.508 e. The van der Waals surface area contributed by atoms with Gasteiger partial charge in [-0.2, -0.15) is 0 Å². The van der Waals surface area contributed by atoms with Crippen LogP contribution >= 0.6 is 0 Å². The van der Waals surface area contributed by atoms with Gasteiger partial charge in [-0.1, -0.05) is 26.0 Å². The molecule has 4 amide bonds. The second kappa shape index (κ2) is 21.8. The van der Waals surface area contributed by atoms with Crippen molar-refractivity contribution in [3.05, 3.63) is 29.8 Å². The summed E-state index contributed by atoms with van der Waals surface area (Å²) in [6.07, 6.45) is 0.670. The number of carbonyl (C=O) groups is 6. The largest absolute Gasteiger partial charge is 0.508 e. The summed E-state index contributed by atoms with van der Waals surface area (Å²) < 4.78 is 0. The molecule has 1 rings (SSSR count). The Hall–Kier alpha value is -4.97. The predicted octanol–water partition coefficient (Wildman–Crippen LogP) is -2.01. The Morgan fingerprint density at radius 1 is 0.755 bits per heavy atom. The third-order valence-corrected chi connectivity index (χ3v) is 7.23. The van der Waals surface area contributed by atoms with Crippen molar-refractivity contribution in [2.24, 2.45) is 33.8 Å². The lowest BCUT2D eigenvalue weighted by molar-refractivity contribution is -0.143. The van der Waals surface area contributed by atoms with Crippen LogP contribution in [0.3, 0.4) is 0 Å². The number of nitrogens with two attached hydrogens (primary N) is 4. The molecule has 18 heteroatoms. The van der Waals surface area contributed by atoms with E-state index in [0.717, 1.165) is 0 Å². The van der Waals surface area contributed by atoms with Crippen molar-refractivity contribution in [1.82, 2.24) is 21.3 Å². The van der Waals surface area contributed by atoms with Crippen LogP contribution in [0.2, 0.25) is 0 Å². The topological polar surface area (TPSA) is 328 Å². The van der Waals surface area contributed by atoms with Crippen LogP contribution in [-0.4, -0.2) is 100 Å². The molecule has 0 saturated carbocycles. The van der Waals surface area contributed by atoms with Crippen molar-refractivity contribution in [3.8, 4) is 5.75 Å². The zero-order valence-electron chi connectivity index (χ0n) is 27.9. The fraction of sp³-hybridized carbons (Fsp3) is 0.581. The normalized spacial score (nSPS) is 14.0. The molecule has 0 saturated heterocycles. The van der Waals surface area contributed by atoms with Gasteiger partial charge in [-0.15, -0.1) is 0 Å². The third-order valence-electron chi connectivity index (χ3n) is 7.23. The Bertz CT molecular complexity index is 1290. The molecule has 1 aromatic rings. The first-order chi connectivity index (χ1) is 23.0. The highest BCUT2D eigenvalue weighted by Gasteiger charge is 2.33. The van der Waals surface area contributed by atoms with E-state index in [4.69, 9.17) is 22.9 Å². The number of rotatable bonds is 23. The Morgan fingerprint density at radius 2 is 1.31 bits per heavy atom. The fourth-order valence-corrected chi connectivity index (χ4v) is 4.66. The number of nitrogens with one attached hydrogen (secondary N) is 4. The number of hydrogen-bond acceptors (Lipinski definition) is 10. The van der Waals surface area contributed by atoms with Gasteiger partial charge >= 0.3 is 11.9 Å². The van der Waals surface area contributed by atoms with Crippen LogP contribution in [0.1, 0.15) is 64.4 Å². The number of carboxylic acid groups (broad SMARTS) is 2. The van der Waals surface area contributed by atoms with Gasteiger partial charge in [0.25, 0.3) is 0 Å². The molecule has 274 valence electrons. The molecule has 1 aromatic carbocycles. The minimum absolute atomic E-state index is 0.0220. The Labute approximate surface area is 284 Å². The van der Waals surface area contributed by atoms with E-state index in [2.05, 4.69) is 26.3 Å². The number of aliphatic carboxylic acids is 2. The summed E-state index contributed by atoms with van der Waals surface area (Å²) in [6, 6.07) is -0.829. The second-order valence-electron chi connectivity index (χ2n) is 12.0. The molecule has 15 N–H and O–H groups in total. The van der Waals surface area contributed by atoms with E-state index in [1.165, 1.54) is 24.3 Å². The number of aromatic hydroxyl groups is 1. The van der Waals surface area contributed by atoms with Gasteiger partial charge in [0.15, 0.2) is 5.96 Å². The van der Waals surface area contributed by atoms with Gasteiger partial charge in [-0.3, -0.25) is 29.0 Å². The average molecular weight is 694 g/mol. The third kappa shape index (κ3) is 17.1. The number of hydrogen-bond donors (Lipinski definition) is 11. The monoisotopic (exact) mass is 693 g/mol. The summed E-state index contributed by atoms with van der Waals surface area (Å²) in [4.78, 5) is 80.4. The molecular weight excluding hydrogens is 642 g/mol. The van der Waals surface area contributed by atoms with Gasteiger partial charge in [0.05, 0.1) is 12.5 Å². The Kier molecular flexibility index (Phi) is 18.7. The molecule has 0 heterocycles. The van der Waals surface area contributed by atoms with Gasteiger partial charge in [-0.05, 0) is 68.7 Å². The number of guanidine groups is 1. The van der Waals surface area contributed by atoms with Crippen molar-refractivity contribution in [2.45, 2.75) is 95.4 Å². The van der Waals surface area contributed by atoms with Gasteiger partial charge in [0.2, 0.25) is 23.6 Å². The van der Waals surface area contributed by atoms with E-state index in [9.17, 15) is 44.1 Å². The summed E-state index contributed by atoms with van der Waals surface area (Å²) in [5, 5.41) is 38.5. The lowest BCUT2D eigenvalue weighted by atomic mass is 10.0. The van der Waals surface area contributed by atoms with Crippen LogP contribution in [0.4, 0.5) is 0 Å². The van der Waals surface area contributed by atoms with Crippen LogP contribution in [0.5, 0.6) is 5.75 Å². The zero-order chi connectivity index (χ0) is 37.1. The summed E-state index contributed by atoms with van der Waals surface area (Å²) in [5.41, 5.74) is 22.6. The SMILES string of the molecule is CC(C)CC(NC(=O)C(CC(=O)O)NC(=O)C(CCCCN)NC(=O)C(N)CCCN=C(N)N)C(=O)NC(Cc1ccc(O)cc1)C(=O)O. The van der Waals surface area contributed by atoms with Crippen LogP contribution in [0.15, 0.2) is 29.3 Å². The van der Waals surface area contributed by atoms with Gasteiger partial charge in [0, 0.05) is 13.0 Å². The maximum absolute atomic E-state index is 13.4. The van der Waals surface area contributed by atoms with Crippen molar-refractivity contribution >= 4 is 41.5 Å². The molecule has 0 bridgehead atoms. The summed E-state index contributed by atoms with van der Waals surface area (Å²) in [7, 11) is 0. The van der Waals surface area contributed by atoms with Gasteiger partial charge in [0.1, 0.15) is 29.9 Å². The molecule has 0 spiro atoms. The number of aliphatic imine (C=N–C) groups is 1. The lowest BCUT2D eigenvalue weighted by Crippen LogP contribution is -2.59. The highest BCUT2D eigenvalue weighted by molar-refractivity contribution is 5.96. The summed E-state index contributed by atoms with van der Waals surface area (Å²) in [5.74, 6) is -6.45. The number of unbranched alkanes of at least 4 members (excludes halogenated alkanes) is 1. The van der Waals surface area contributed by atoms with Crippen LogP contribution in [-0.2, 0) is 35.2 Å². The summed E-state index contributed by atoms with van der Waals surface area (Å²) >= 11 is 0. The smallest absolute Gasteiger partial charge is 0.326 e. The molecule has 49 heavy (non-hydrogen) atoms. The number of amides is 4. The Balaban J connectivity index is 3.11. The van der Waals surface area contributed by atoms with Gasteiger partial charge < -0.3 is 59.5 Å². The van der Waals surface area contributed by atoms with E-state index in [1.54, 1.807) is 13.8 Å². The minimum atomic E-state index is -1.66. The number of carboxylic acids is 2. The Morgan fingerprint density at radius 3 is 1.86 bits per heavy atom. The maximum Gasteiger partial charge on any atom is 0.326 e. The molecule has 5 atom stereocenters. The average Bonchev–Trinajstić information content (AvgIpc) is 3.01. The fourth-order valence-electron chi connectivity index (χ4n) is 4.66. The summed E-state index contributed by atoms with van der Waals surface area (Å²) in [6.45, 7) is 4.07. The molecular formula is C31H51N9O9. The molecule has 0 radical (unpaired) electrons. The van der Waals surface area contributed by atoms with Crippen molar-refractivity contribution < 1.29 is 44.1 Å². The second-order valence-corrected chi connectivity index (χ2v) is 12.0. The number of nitrogens with zero attached hydrogens (tertiary/aromatic N) is 1. The van der Waals surface area contributed by atoms with Crippen molar-refractivity contribution in [3.63, 3.8) is 0 Å². The van der Waals surface area contributed by atoms with Gasteiger partial charge in [-0.25, -0.2) is 4.79 Å². The highest BCUT2D eigenvalue weighted by atomic mass is 16.4. The number of carbonyl (C=O) groups excluding carboxylic acids is 4. The molecule has 0 aliphatic heterocycles. The van der Waals surface area contributed by atoms with Crippen molar-refractivity contribution in [1.29, 1.82) is 0 Å². The van der Waals surface area contributed by atoms with E-state index in [-0.39, 0.29) is 49.9 Å². The lowest BCUT2D eigenvalue weighted by Gasteiger charge is -2.26. The molecule has 5 unspecified atom stereocenters. The highest BCUT2D eigenvalue weighted by Crippen LogP contribution is 2.13. The van der Waals surface area contributed by atoms with Crippen LogP contribution in [0.25, 0.3) is 0 Å². The van der Waals surface area contributed by atoms with E-state index >= 15 is 0 Å². The molecule has 0 aromatic heterocycles. The standard InChI is InChI=1S/C31H51N9O9/c1-17(2)14-22(28(46)40-24(30(48)49)15-18-8-10-19(41)11-9-18)38-29(47)23(16-25(42)43)39-27(45)21(7-3-4-12-32)37-26(44)20(33)6-5-13-36-31(34)35/h8-11,17,20-24,41H,3-7,12-16,32-33H2,1-2H3,(H,37,44)(H,38,47)(H,39,45)(H,40,46)(H,42,43)(H,48,49)(H4,34,35,36). The van der Waals surface area contributed by atoms with Crippen molar-refractivity contribution in [2.75, 3.05) is 13.1 Å². The number of benzene rings is 1. The quantitative estimate of drug-likeness (QED) is 0.0336.